The predicted octanol–water partition coefficient (Wildman–Crippen LogP) is 7.83. The van der Waals surface area contributed by atoms with Crippen LogP contribution in [-0.4, -0.2) is 108 Å². The van der Waals surface area contributed by atoms with Gasteiger partial charge < -0.3 is 29.0 Å². The summed E-state index contributed by atoms with van der Waals surface area (Å²) in [4.78, 5) is 51.7. The summed E-state index contributed by atoms with van der Waals surface area (Å²) in [6, 6.07) is 16.1. The fourth-order valence-electron chi connectivity index (χ4n) is 10.0. The van der Waals surface area contributed by atoms with Crippen molar-refractivity contribution in [1.82, 2.24) is 30.2 Å². The van der Waals surface area contributed by atoms with Gasteiger partial charge in [0.1, 0.15) is 17.7 Å². The van der Waals surface area contributed by atoms with E-state index in [1.165, 1.54) is 36.4 Å². The number of amides is 2. The van der Waals surface area contributed by atoms with E-state index >= 15 is 0 Å². The van der Waals surface area contributed by atoms with Crippen LogP contribution in [0.25, 0.3) is 33.3 Å². The molecule has 4 aliphatic rings. The molecule has 0 saturated carbocycles. The summed E-state index contributed by atoms with van der Waals surface area (Å²) in [6.07, 6.45) is 6.85. The van der Waals surface area contributed by atoms with Crippen LogP contribution >= 0.6 is 0 Å². The Morgan fingerprint density at radius 1 is 1.02 bits per heavy atom. The smallest absolute Gasteiger partial charge is 0.408 e. The van der Waals surface area contributed by atoms with E-state index in [0.717, 1.165) is 76.4 Å². The highest BCUT2D eigenvalue weighted by Crippen LogP contribution is 2.43. The maximum atomic E-state index is 14.3. The van der Waals surface area contributed by atoms with E-state index in [-0.39, 0.29) is 25.0 Å². The molecule has 4 aromatic rings. The molecular weight excluding hydrogens is 795 g/mol. The number of methoxy groups -OCH3 is 1. The summed E-state index contributed by atoms with van der Waals surface area (Å²) in [5.41, 5.74) is 11.3. The largest absolute Gasteiger partial charge is 0.464 e. The number of nitrogens with zero attached hydrogens (tertiary/aromatic N) is 5. The number of aromatic nitrogens is 2. The summed E-state index contributed by atoms with van der Waals surface area (Å²) in [7, 11) is 1.74. The quantitative estimate of drug-likeness (QED) is 0.185. The molecular formula is C50H67N7O6. The zero-order valence-corrected chi connectivity index (χ0v) is 38.6. The van der Waals surface area contributed by atoms with E-state index in [9.17, 15) is 14.4 Å². The molecule has 2 aromatic carbocycles. The van der Waals surface area contributed by atoms with Crippen LogP contribution in [0.4, 0.5) is 10.5 Å². The Bertz CT molecular complexity index is 2330. The van der Waals surface area contributed by atoms with Crippen molar-refractivity contribution in [2.45, 2.75) is 130 Å². The average Bonchev–Trinajstić information content (AvgIpc) is 3.57. The summed E-state index contributed by atoms with van der Waals surface area (Å²) < 4.78 is 20.2. The molecule has 2 aromatic heterocycles. The number of piperidine rings is 1. The van der Waals surface area contributed by atoms with Crippen LogP contribution in [-0.2, 0) is 43.2 Å². The van der Waals surface area contributed by atoms with Gasteiger partial charge in [-0.15, -0.1) is 0 Å². The lowest BCUT2D eigenvalue weighted by atomic mass is 9.84. The van der Waals surface area contributed by atoms with Crippen LogP contribution in [0, 0.1) is 5.41 Å². The number of fused-ring (bicyclic) bond motifs is 7. The average molecular weight is 862 g/mol. The Hall–Kier alpha value is -4.98. The predicted molar refractivity (Wildman–Crippen MR) is 246 cm³/mol. The van der Waals surface area contributed by atoms with Crippen molar-refractivity contribution in [2.24, 2.45) is 5.41 Å². The number of esters is 1. The molecule has 13 heteroatoms. The molecule has 4 aliphatic heterocycles. The minimum Gasteiger partial charge on any atom is -0.464 e. The van der Waals surface area contributed by atoms with Gasteiger partial charge in [0.05, 0.1) is 36.0 Å². The van der Waals surface area contributed by atoms with Gasteiger partial charge >= 0.3 is 12.1 Å². The van der Waals surface area contributed by atoms with Gasteiger partial charge in [0.2, 0.25) is 0 Å². The second-order valence-electron chi connectivity index (χ2n) is 19.8. The number of aryl methyl sites for hydroxylation is 1. The minimum absolute atomic E-state index is 0.173. The number of hydrogen-bond donors (Lipinski definition) is 2. The molecule has 8 rings (SSSR count). The zero-order valence-electron chi connectivity index (χ0n) is 38.6. The van der Waals surface area contributed by atoms with Crippen molar-refractivity contribution in [3.05, 3.63) is 71.5 Å². The van der Waals surface area contributed by atoms with Gasteiger partial charge in [0.25, 0.3) is 5.91 Å². The molecule has 0 radical (unpaired) electrons. The van der Waals surface area contributed by atoms with Crippen LogP contribution in [0.5, 0.6) is 0 Å². The van der Waals surface area contributed by atoms with E-state index in [1.807, 2.05) is 18.3 Å². The SMILES string of the molecule is CCn1c(-c2cc(N3CCN4CCCC[C@@H]4C3)cnc2[C@H](C)OC)c2c3cc(ccc31)-c1cccc(c1)C[C@H](NC(=O)OC(C)(C)C)C(=O)N1CCC[C@H](N1)C(=O)OCC(C)(C)C2. The fraction of sp³-hybridized carbons (Fsp3) is 0.560. The number of cyclic esters (lactones) is 1. The third-order valence-electron chi connectivity index (χ3n) is 13.3. The number of benzene rings is 2. The fourth-order valence-corrected chi connectivity index (χ4v) is 10.0. The van der Waals surface area contributed by atoms with Crippen LogP contribution in [0.1, 0.15) is 103 Å². The molecule has 6 heterocycles. The molecule has 6 bridgehead atoms. The first kappa shape index (κ1) is 44.6. The van der Waals surface area contributed by atoms with Crippen molar-refractivity contribution in [2.75, 3.05) is 51.3 Å². The van der Waals surface area contributed by atoms with Gasteiger partial charge in [-0.05, 0) is 114 Å². The van der Waals surface area contributed by atoms with Gasteiger partial charge in [0.15, 0.2) is 0 Å². The second kappa shape index (κ2) is 18.3. The highest BCUT2D eigenvalue weighted by molar-refractivity contribution is 5.96. The summed E-state index contributed by atoms with van der Waals surface area (Å²) >= 11 is 0. The van der Waals surface area contributed by atoms with E-state index in [4.69, 9.17) is 19.2 Å². The standard InChI is InChI=1S/C50H67N7O6/c1-9-56-43-19-18-35-26-38(43)40(45(56)39-27-37(29-51-44(39)32(2)61-8)55-23-22-54-20-11-10-16-36(54)30-55)28-50(6,7)31-62-47(59)41-17-13-21-57(53-41)46(58)42(52-48(60)63-49(3,4)5)25-33-14-12-15-34(35)24-33/h12,14-15,18-19,24,26-27,29,32,36,41-42,53H,9-11,13,16-17,20-23,25,28,30-31H2,1-8H3,(H,52,60)/t32-,36+,41-,42-/m0/s1. The number of piperazine rings is 1. The van der Waals surface area contributed by atoms with Gasteiger partial charge in [-0.25, -0.2) is 10.2 Å². The lowest BCUT2D eigenvalue weighted by Crippen LogP contribution is -2.60. The number of alkyl carbamates (subject to hydrolysis) is 1. The molecule has 3 fully saturated rings. The Labute approximate surface area is 372 Å². The van der Waals surface area contributed by atoms with Crippen molar-refractivity contribution >= 4 is 34.6 Å². The van der Waals surface area contributed by atoms with Gasteiger partial charge in [0, 0.05) is 74.2 Å². The van der Waals surface area contributed by atoms with Crippen LogP contribution < -0.4 is 15.6 Å². The molecule has 4 atom stereocenters. The highest BCUT2D eigenvalue weighted by Gasteiger charge is 2.37. The lowest BCUT2D eigenvalue weighted by molar-refractivity contribution is -0.155. The molecule has 0 unspecified atom stereocenters. The topological polar surface area (TPSA) is 130 Å². The first-order chi connectivity index (χ1) is 30.1. The normalized spacial score (nSPS) is 22.8. The van der Waals surface area contributed by atoms with E-state index in [2.05, 4.69) is 89.2 Å². The van der Waals surface area contributed by atoms with E-state index in [0.29, 0.717) is 31.8 Å². The molecule has 63 heavy (non-hydrogen) atoms. The molecule has 338 valence electrons. The zero-order chi connectivity index (χ0) is 44.6. The summed E-state index contributed by atoms with van der Waals surface area (Å²) in [5, 5.41) is 5.44. The van der Waals surface area contributed by atoms with Crippen LogP contribution in [0.15, 0.2) is 54.7 Å². The third kappa shape index (κ3) is 9.76. The number of hydrazine groups is 1. The monoisotopic (exact) mass is 862 g/mol. The number of nitrogens with one attached hydrogen (secondary N) is 2. The van der Waals surface area contributed by atoms with E-state index in [1.54, 1.807) is 27.9 Å². The summed E-state index contributed by atoms with van der Waals surface area (Å²) in [5.74, 6) is -0.752. The molecule has 2 amide bonds. The first-order valence-corrected chi connectivity index (χ1v) is 23.1. The number of anilines is 1. The third-order valence-corrected chi connectivity index (χ3v) is 13.3. The Balaban J connectivity index is 1.26. The maximum Gasteiger partial charge on any atom is 0.408 e. The maximum absolute atomic E-state index is 14.3. The first-order valence-electron chi connectivity index (χ1n) is 23.1. The van der Waals surface area contributed by atoms with Gasteiger partial charge in [-0.2, -0.15) is 0 Å². The Morgan fingerprint density at radius 3 is 2.60 bits per heavy atom. The van der Waals surface area contributed by atoms with Crippen molar-refractivity contribution in [3.8, 4) is 22.4 Å². The van der Waals surface area contributed by atoms with Crippen molar-refractivity contribution in [3.63, 3.8) is 0 Å². The Morgan fingerprint density at radius 2 is 1.83 bits per heavy atom. The second-order valence-corrected chi connectivity index (χ2v) is 19.8. The van der Waals surface area contributed by atoms with Gasteiger partial charge in [-0.3, -0.25) is 24.5 Å². The van der Waals surface area contributed by atoms with Crippen molar-refractivity contribution in [1.29, 1.82) is 0 Å². The molecule has 0 spiro atoms. The lowest BCUT2D eigenvalue weighted by Gasteiger charge is -2.45. The van der Waals surface area contributed by atoms with Crippen molar-refractivity contribution < 1.29 is 28.6 Å². The summed E-state index contributed by atoms with van der Waals surface area (Å²) in [6.45, 7) is 19.4. The highest BCUT2D eigenvalue weighted by atomic mass is 16.6. The molecule has 0 aliphatic carbocycles. The Kier molecular flexibility index (Phi) is 12.9. The number of rotatable bonds is 6. The van der Waals surface area contributed by atoms with Gasteiger partial charge in [-0.1, -0.05) is 50.6 Å². The number of carbonyl (C=O) groups excluding carboxylic acids is 3. The molecule has 13 nitrogen and oxygen atoms in total. The number of hydrogen-bond acceptors (Lipinski definition) is 10. The number of carbonyl (C=O) groups is 3. The van der Waals surface area contributed by atoms with Crippen LogP contribution in [0.3, 0.4) is 0 Å². The minimum atomic E-state index is -0.954. The van der Waals surface area contributed by atoms with Crippen LogP contribution in [0.2, 0.25) is 0 Å². The number of ether oxygens (including phenoxy) is 3. The molecule has 2 N–H and O–H groups in total. The van der Waals surface area contributed by atoms with E-state index < -0.39 is 35.2 Å². The molecule has 3 saturated heterocycles. The number of pyridine rings is 1.